The van der Waals surface area contributed by atoms with E-state index in [0.717, 1.165) is 45.5 Å². The normalized spacial score (nSPS) is 12.3. The summed E-state index contributed by atoms with van der Waals surface area (Å²) in [7, 11) is 0. The maximum atomic E-state index is 11.2. The Morgan fingerprint density at radius 1 is 0.786 bits per heavy atom. The summed E-state index contributed by atoms with van der Waals surface area (Å²) in [6, 6.07) is 46.5. The van der Waals surface area contributed by atoms with Crippen LogP contribution in [0.4, 0.5) is 5.13 Å². The molecule has 5 aromatic carbocycles. The fourth-order valence-electron chi connectivity index (χ4n) is 6.58. The Balaban J connectivity index is 0.000000202. The number of nitrogens with one attached hydrogen (secondary N) is 2. The average molecular weight is 764 g/mol. The van der Waals surface area contributed by atoms with E-state index >= 15 is 0 Å². The van der Waals surface area contributed by atoms with Crippen molar-refractivity contribution in [1.29, 1.82) is 0 Å². The molecule has 0 saturated heterocycles. The van der Waals surface area contributed by atoms with Crippen LogP contribution >= 0.6 is 11.3 Å². The maximum absolute atomic E-state index is 11.2. The molecule has 0 aliphatic rings. The van der Waals surface area contributed by atoms with Crippen molar-refractivity contribution < 1.29 is 20.6 Å². The van der Waals surface area contributed by atoms with Crippen molar-refractivity contribution in [3.63, 3.8) is 0 Å². The van der Waals surface area contributed by atoms with Gasteiger partial charge in [0, 0.05) is 22.9 Å². The number of anilines is 1. The van der Waals surface area contributed by atoms with E-state index < -0.39 is 17.4 Å². The van der Waals surface area contributed by atoms with Crippen LogP contribution in [0.1, 0.15) is 46.5 Å². The first kappa shape index (κ1) is 37.4. The number of hydrogen-bond acceptors (Lipinski definition) is 9. The molecule has 0 fully saturated rings. The zero-order valence-corrected chi connectivity index (χ0v) is 31.4. The Morgan fingerprint density at radius 3 is 1.77 bits per heavy atom. The first-order valence-electron chi connectivity index (χ1n) is 18.0. The van der Waals surface area contributed by atoms with E-state index in [-0.39, 0.29) is 6.04 Å². The van der Waals surface area contributed by atoms with Gasteiger partial charge in [0.1, 0.15) is 0 Å². The van der Waals surface area contributed by atoms with Crippen LogP contribution in [-0.2, 0) is 23.2 Å². The molecule has 13 nitrogen and oxygen atoms in total. The highest BCUT2D eigenvalue weighted by molar-refractivity contribution is 7.13. The van der Waals surface area contributed by atoms with Crippen molar-refractivity contribution in [3.05, 3.63) is 178 Å². The number of benzene rings is 5. The molecule has 280 valence electrons. The van der Waals surface area contributed by atoms with Crippen LogP contribution in [-0.4, -0.2) is 51.9 Å². The van der Waals surface area contributed by atoms with Gasteiger partial charge in [0.15, 0.2) is 17.3 Å². The highest BCUT2D eigenvalue weighted by Crippen LogP contribution is 2.40. The number of aromatic amines is 2. The van der Waals surface area contributed by atoms with Gasteiger partial charge in [-0.1, -0.05) is 158 Å². The molecule has 56 heavy (non-hydrogen) atoms. The van der Waals surface area contributed by atoms with Gasteiger partial charge >= 0.3 is 11.1 Å². The van der Waals surface area contributed by atoms with Crippen LogP contribution in [0.5, 0.6) is 0 Å². The predicted molar refractivity (Wildman–Crippen MR) is 213 cm³/mol. The Kier molecular flexibility index (Phi) is 11.4. The van der Waals surface area contributed by atoms with E-state index in [4.69, 9.17) is 10.8 Å². The Hall–Kier alpha value is -6.90. The number of thiazole rings is 1. The molecule has 3 heterocycles. The molecule has 0 aliphatic heterocycles. The fourth-order valence-corrected chi connectivity index (χ4v) is 7.26. The zero-order valence-electron chi connectivity index (χ0n) is 30.6. The topological polar surface area (TPSA) is 203 Å². The van der Waals surface area contributed by atoms with Crippen LogP contribution in [0, 0.1) is 5.92 Å². The zero-order chi connectivity index (χ0) is 38.9. The molecule has 14 heteroatoms. The minimum atomic E-state index is -0.827. The molecular formula is C42H41N11O2S+2. The second-order valence-corrected chi connectivity index (χ2v) is 14.3. The number of nitrogens with two attached hydrogens (primary N) is 1. The molecule has 8 N–H and O–H groups in total. The fraction of sp³-hybridized carbons (Fsp3) is 0.143. The first-order chi connectivity index (χ1) is 27.3. The summed E-state index contributed by atoms with van der Waals surface area (Å²) in [4.78, 5) is 16.0. The standard InChI is InChI=1S/C30H26N4O2.C12H13N7S/c1-22(29(35)36)21-23-17-19-24(20-18-23)28-31-33-34(32-28)30(25-11-5-2-6-12-25,26-13-7-3-8-14-26)27-15-9-4-10-16-27;13-9(10-6-20-12(14)15-10)5-7-1-3-8(4-2-7)11-16-18-19-17-11/h2-20,22H,21H2,1H3,(H,35,36);1-4,6,9H,5,13H2,(H2,14,15)(H,16,17,18,19)/p+2/t22-;9-/m00/s1. The quantitative estimate of drug-likeness (QED) is 0.119. The van der Waals surface area contributed by atoms with Crippen molar-refractivity contribution in [2.45, 2.75) is 31.3 Å². The van der Waals surface area contributed by atoms with Crippen molar-refractivity contribution in [2.75, 3.05) is 5.73 Å². The third-order valence-electron chi connectivity index (χ3n) is 9.52. The second kappa shape index (κ2) is 17.1. The van der Waals surface area contributed by atoms with Crippen molar-refractivity contribution >= 4 is 22.4 Å². The van der Waals surface area contributed by atoms with Gasteiger partial charge in [-0.25, -0.2) is 4.98 Å². The van der Waals surface area contributed by atoms with E-state index in [1.165, 1.54) is 16.9 Å². The highest BCUT2D eigenvalue weighted by atomic mass is 32.1. The first-order valence-corrected chi connectivity index (χ1v) is 18.9. The van der Waals surface area contributed by atoms with Crippen LogP contribution in [0.2, 0.25) is 0 Å². The lowest BCUT2D eigenvalue weighted by Crippen LogP contribution is -2.56. The molecule has 8 rings (SSSR count). The number of carboxylic acid groups (broad SMARTS) is 1. The Morgan fingerprint density at radius 2 is 1.30 bits per heavy atom. The van der Waals surface area contributed by atoms with Crippen molar-refractivity contribution in [2.24, 2.45) is 5.92 Å². The lowest BCUT2D eigenvalue weighted by atomic mass is 9.77. The molecule has 0 aliphatic carbocycles. The van der Waals surface area contributed by atoms with Gasteiger partial charge in [-0.3, -0.25) is 10.5 Å². The molecule has 0 spiro atoms. The minimum Gasteiger partial charge on any atom is -0.481 e. The van der Waals surface area contributed by atoms with E-state index in [2.05, 4.69) is 90.2 Å². The van der Waals surface area contributed by atoms with Gasteiger partial charge in [0.2, 0.25) is 11.6 Å². The number of carboxylic acids is 1. The number of carbonyl (C=O) groups is 1. The number of aromatic nitrogens is 9. The van der Waals surface area contributed by atoms with Gasteiger partial charge in [-0.15, -0.1) is 25.2 Å². The number of H-pyrrole nitrogens is 2. The lowest BCUT2D eigenvalue weighted by Gasteiger charge is -2.34. The van der Waals surface area contributed by atoms with Crippen LogP contribution in [0.15, 0.2) is 145 Å². The third kappa shape index (κ3) is 8.26. The summed E-state index contributed by atoms with van der Waals surface area (Å²) >= 11 is 1.50. The van der Waals surface area contributed by atoms with E-state index in [1.807, 2.05) is 96.4 Å². The lowest BCUT2D eigenvalue weighted by molar-refractivity contribution is -0.476. The Bertz CT molecular complexity index is 2340. The van der Waals surface area contributed by atoms with E-state index in [1.54, 1.807) is 11.7 Å². The molecule has 0 unspecified atom stereocenters. The summed E-state index contributed by atoms with van der Waals surface area (Å²) in [5, 5.41) is 39.7. The number of aliphatic carboxylic acids is 1. The molecule has 0 amide bonds. The minimum absolute atomic E-state index is 0.152. The van der Waals surface area contributed by atoms with Gasteiger partial charge < -0.3 is 10.8 Å². The molecule has 2 atom stereocenters. The monoisotopic (exact) mass is 763 g/mol. The SMILES string of the molecule is C[C@@H](Cc1ccc(-c2nnn(C(c3ccccc3)(c3ccccc3)c3ccccc3)n2)cc1)C(=O)O.Nc1[nH+]c([C@@H]([NH3+])Cc2ccc(-c3nn[nH]n3)cc2)cs1. The van der Waals surface area contributed by atoms with Crippen LogP contribution in [0.3, 0.4) is 0 Å². The summed E-state index contributed by atoms with van der Waals surface area (Å²) in [5.41, 5.74) is 17.1. The summed E-state index contributed by atoms with van der Waals surface area (Å²) < 4.78 is 0. The van der Waals surface area contributed by atoms with E-state index in [9.17, 15) is 9.90 Å². The molecule has 0 radical (unpaired) electrons. The van der Waals surface area contributed by atoms with Crippen molar-refractivity contribution in [3.8, 4) is 22.8 Å². The number of quaternary nitrogens is 1. The number of tetrazole rings is 2. The van der Waals surface area contributed by atoms with Gasteiger partial charge in [-0.05, 0) is 44.7 Å². The molecular weight excluding hydrogens is 723 g/mol. The van der Waals surface area contributed by atoms with Gasteiger partial charge in [0.05, 0.1) is 5.92 Å². The molecule has 8 aromatic rings. The number of nitrogens with zero attached hydrogens (tertiary/aromatic N) is 7. The summed E-state index contributed by atoms with van der Waals surface area (Å²) in [6.45, 7) is 1.71. The second-order valence-electron chi connectivity index (χ2n) is 13.4. The summed E-state index contributed by atoms with van der Waals surface area (Å²) in [5.74, 6) is -0.150. The largest absolute Gasteiger partial charge is 0.481 e. The van der Waals surface area contributed by atoms with Crippen LogP contribution < -0.4 is 16.5 Å². The molecule has 3 aromatic heterocycles. The van der Waals surface area contributed by atoms with Crippen molar-refractivity contribution in [1.82, 2.24) is 40.8 Å². The molecule has 0 saturated carbocycles. The highest BCUT2D eigenvalue weighted by Gasteiger charge is 2.41. The van der Waals surface area contributed by atoms with Crippen LogP contribution in [0.25, 0.3) is 22.8 Å². The Labute approximate surface area is 327 Å². The smallest absolute Gasteiger partial charge is 0.329 e. The third-order valence-corrected chi connectivity index (χ3v) is 10.3. The predicted octanol–water partition coefficient (Wildman–Crippen LogP) is 5.29. The van der Waals surface area contributed by atoms with Gasteiger partial charge in [-0.2, -0.15) is 5.21 Å². The van der Waals surface area contributed by atoms with E-state index in [0.29, 0.717) is 23.2 Å². The number of rotatable bonds is 12. The number of nitrogen functional groups attached to an aromatic ring is 1. The average Bonchev–Trinajstić information content (AvgIpc) is 4.05. The maximum Gasteiger partial charge on any atom is 0.329 e. The number of hydrogen-bond donors (Lipinski definition) is 4. The molecule has 0 bridgehead atoms. The van der Waals surface area contributed by atoms with Gasteiger partial charge in [0.25, 0.3) is 0 Å². The summed E-state index contributed by atoms with van der Waals surface area (Å²) in [6.07, 6.45) is 1.31.